The van der Waals surface area contributed by atoms with Gasteiger partial charge >= 0.3 is 6.18 Å². The van der Waals surface area contributed by atoms with Gasteiger partial charge in [-0.05, 0) is 53.6 Å². The van der Waals surface area contributed by atoms with Crippen LogP contribution in [-0.2, 0) is 11.0 Å². The lowest BCUT2D eigenvalue weighted by Gasteiger charge is -2.11. The number of nitrogens with one attached hydrogen (secondary N) is 2. The lowest BCUT2D eigenvalue weighted by Crippen LogP contribution is -2.12. The molecule has 158 valence electrons. The first-order valence-electron chi connectivity index (χ1n) is 9.47. The third-order valence-electron chi connectivity index (χ3n) is 4.76. The van der Waals surface area contributed by atoms with Crippen LogP contribution in [0.15, 0.2) is 73.1 Å². The van der Waals surface area contributed by atoms with Gasteiger partial charge in [0.2, 0.25) is 5.91 Å². The Kier molecular flexibility index (Phi) is 5.48. The van der Waals surface area contributed by atoms with Crippen molar-refractivity contribution in [3.8, 4) is 17.2 Å². The molecule has 2 aromatic carbocycles. The number of H-pyrrole nitrogens is 1. The SMILES string of the molecule is N#Cc1ccc(NC(=O)C=Cc2cccc(-c3cnc4[nH]ccc4c3)c2)cc1C(F)(F)F. The van der Waals surface area contributed by atoms with Crippen LogP contribution in [0.25, 0.3) is 28.2 Å². The van der Waals surface area contributed by atoms with Gasteiger partial charge in [0.05, 0.1) is 17.2 Å². The summed E-state index contributed by atoms with van der Waals surface area (Å²) < 4.78 is 39.3. The van der Waals surface area contributed by atoms with Crippen molar-refractivity contribution in [2.45, 2.75) is 6.18 Å². The third kappa shape index (κ3) is 4.52. The lowest BCUT2D eigenvalue weighted by atomic mass is 10.0. The molecule has 4 aromatic rings. The standard InChI is InChI=1S/C24H15F3N4O/c25-24(26,27)21-12-20(6-5-18(21)13-28)31-22(32)7-4-15-2-1-3-16(10-15)19-11-17-8-9-29-23(17)30-14-19/h1-12,14H,(H,29,30)(H,31,32). The highest BCUT2D eigenvalue weighted by atomic mass is 19.4. The molecule has 0 radical (unpaired) electrons. The van der Waals surface area contributed by atoms with Gasteiger partial charge in [-0.2, -0.15) is 18.4 Å². The Morgan fingerprint density at radius 1 is 1.09 bits per heavy atom. The van der Waals surface area contributed by atoms with Crippen molar-refractivity contribution in [1.82, 2.24) is 9.97 Å². The van der Waals surface area contributed by atoms with Gasteiger partial charge in [0, 0.05) is 35.1 Å². The van der Waals surface area contributed by atoms with Crippen molar-refractivity contribution in [2.24, 2.45) is 0 Å². The zero-order valence-corrected chi connectivity index (χ0v) is 16.4. The Hall–Kier alpha value is -4.38. The highest BCUT2D eigenvalue weighted by Crippen LogP contribution is 2.33. The zero-order valence-electron chi connectivity index (χ0n) is 16.4. The minimum Gasteiger partial charge on any atom is -0.346 e. The second-order valence-electron chi connectivity index (χ2n) is 6.96. The molecule has 0 spiro atoms. The first-order valence-corrected chi connectivity index (χ1v) is 9.47. The number of anilines is 1. The Morgan fingerprint density at radius 3 is 2.72 bits per heavy atom. The highest BCUT2D eigenvalue weighted by molar-refractivity contribution is 6.02. The fraction of sp³-hybridized carbons (Fsp3) is 0.0417. The minimum absolute atomic E-state index is 0.0504. The zero-order chi connectivity index (χ0) is 22.7. The number of rotatable bonds is 4. The van der Waals surface area contributed by atoms with E-state index >= 15 is 0 Å². The van der Waals surface area contributed by atoms with Gasteiger partial charge in [0.1, 0.15) is 5.65 Å². The van der Waals surface area contributed by atoms with Crippen LogP contribution in [-0.4, -0.2) is 15.9 Å². The van der Waals surface area contributed by atoms with Crippen LogP contribution in [0.2, 0.25) is 0 Å². The molecule has 0 aliphatic rings. The van der Waals surface area contributed by atoms with Crippen LogP contribution < -0.4 is 5.32 Å². The van der Waals surface area contributed by atoms with Crippen LogP contribution in [0.1, 0.15) is 16.7 Å². The van der Waals surface area contributed by atoms with E-state index in [4.69, 9.17) is 5.26 Å². The second kappa shape index (κ2) is 8.40. The van der Waals surface area contributed by atoms with E-state index in [2.05, 4.69) is 15.3 Å². The average molecular weight is 432 g/mol. The number of amides is 1. The number of halogens is 3. The summed E-state index contributed by atoms with van der Waals surface area (Å²) in [7, 11) is 0. The molecular formula is C24H15F3N4O. The van der Waals surface area contributed by atoms with Crippen LogP contribution in [0, 0.1) is 11.3 Å². The fourth-order valence-corrected chi connectivity index (χ4v) is 3.23. The van der Waals surface area contributed by atoms with Crippen molar-refractivity contribution in [2.75, 3.05) is 5.32 Å². The molecule has 0 saturated heterocycles. The number of carbonyl (C=O) groups is 1. The summed E-state index contributed by atoms with van der Waals surface area (Å²) in [5, 5.41) is 12.2. The predicted octanol–water partition coefficient (Wildman–Crippen LogP) is 5.77. The molecule has 2 N–H and O–H groups in total. The van der Waals surface area contributed by atoms with Gasteiger partial charge in [0.15, 0.2) is 0 Å². The first kappa shape index (κ1) is 20.9. The molecule has 4 rings (SSSR count). The fourth-order valence-electron chi connectivity index (χ4n) is 3.23. The van der Waals surface area contributed by atoms with Gasteiger partial charge in [-0.1, -0.05) is 18.2 Å². The van der Waals surface area contributed by atoms with Crippen molar-refractivity contribution < 1.29 is 18.0 Å². The van der Waals surface area contributed by atoms with E-state index in [9.17, 15) is 18.0 Å². The molecule has 2 heterocycles. The van der Waals surface area contributed by atoms with Gasteiger partial charge < -0.3 is 10.3 Å². The molecule has 8 heteroatoms. The number of pyridine rings is 1. The molecule has 2 aromatic heterocycles. The summed E-state index contributed by atoms with van der Waals surface area (Å²) >= 11 is 0. The molecule has 0 bridgehead atoms. The summed E-state index contributed by atoms with van der Waals surface area (Å²) in [6.07, 6.45) is 1.66. The van der Waals surface area contributed by atoms with E-state index in [0.29, 0.717) is 0 Å². The number of aromatic nitrogens is 2. The molecule has 0 aliphatic carbocycles. The number of aromatic amines is 1. The van der Waals surface area contributed by atoms with Gasteiger partial charge in [-0.25, -0.2) is 4.98 Å². The molecule has 0 aliphatic heterocycles. The third-order valence-corrected chi connectivity index (χ3v) is 4.76. The van der Waals surface area contributed by atoms with E-state index in [1.54, 1.807) is 18.3 Å². The number of nitriles is 1. The molecule has 32 heavy (non-hydrogen) atoms. The van der Waals surface area contributed by atoms with Crippen molar-refractivity contribution in [3.05, 3.63) is 89.8 Å². The summed E-state index contributed by atoms with van der Waals surface area (Å²) in [5.74, 6) is -0.594. The smallest absolute Gasteiger partial charge is 0.346 e. The number of fused-ring (bicyclic) bond motifs is 1. The van der Waals surface area contributed by atoms with Crippen LogP contribution in [0.3, 0.4) is 0 Å². The van der Waals surface area contributed by atoms with Crippen LogP contribution in [0.5, 0.6) is 0 Å². The van der Waals surface area contributed by atoms with Gasteiger partial charge in [-0.3, -0.25) is 4.79 Å². The molecule has 1 amide bonds. The van der Waals surface area contributed by atoms with E-state index in [0.717, 1.165) is 39.9 Å². The maximum atomic E-state index is 13.1. The molecule has 0 fully saturated rings. The number of hydrogen-bond donors (Lipinski definition) is 2. The summed E-state index contributed by atoms with van der Waals surface area (Å²) in [4.78, 5) is 19.6. The Morgan fingerprint density at radius 2 is 1.94 bits per heavy atom. The Labute approximate surface area is 180 Å². The van der Waals surface area contributed by atoms with Crippen LogP contribution >= 0.6 is 0 Å². The highest BCUT2D eigenvalue weighted by Gasteiger charge is 2.33. The maximum Gasteiger partial charge on any atom is 0.417 e. The van der Waals surface area contributed by atoms with E-state index < -0.39 is 23.2 Å². The Balaban J connectivity index is 1.51. The normalized spacial score (nSPS) is 11.6. The maximum absolute atomic E-state index is 13.1. The number of carbonyl (C=O) groups excluding carboxylic acids is 1. The number of alkyl halides is 3. The summed E-state index contributed by atoms with van der Waals surface area (Å²) in [6.45, 7) is 0. The van der Waals surface area contributed by atoms with Crippen molar-refractivity contribution >= 4 is 28.7 Å². The quantitative estimate of drug-likeness (QED) is 0.402. The number of benzene rings is 2. The first-order chi connectivity index (χ1) is 15.3. The Bertz CT molecular complexity index is 1380. The van der Waals surface area contributed by atoms with Crippen molar-refractivity contribution in [1.29, 1.82) is 5.26 Å². The second-order valence-corrected chi connectivity index (χ2v) is 6.96. The lowest BCUT2D eigenvalue weighted by molar-refractivity contribution is -0.137. The number of hydrogen-bond acceptors (Lipinski definition) is 3. The van der Waals surface area contributed by atoms with E-state index in [1.807, 2.05) is 36.5 Å². The van der Waals surface area contributed by atoms with Crippen LogP contribution in [0.4, 0.5) is 18.9 Å². The molecule has 0 atom stereocenters. The summed E-state index contributed by atoms with van der Waals surface area (Å²) in [6, 6.07) is 15.9. The summed E-state index contributed by atoms with van der Waals surface area (Å²) in [5.41, 5.74) is 1.70. The topological polar surface area (TPSA) is 81.6 Å². The number of nitrogens with zero attached hydrogens (tertiary/aromatic N) is 2. The molecule has 0 unspecified atom stereocenters. The van der Waals surface area contributed by atoms with E-state index in [1.165, 1.54) is 18.2 Å². The molecular weight excluding hydrogens is 417 g/mol. The van der Waals surface area contributed by atoms with Crippen molar-refractivity contribution in [3.63, 3.8) is 0 Å². The largest absolute Gasteiger partial charge is 0.417 e. The van der Waals surface area contributed by atoms with Gasteiger partial charge in [-0.15, -0.1) is 0 Å². The molecule has 5 nitrogen and oxygen atoms in total. The van der Waals surface area contributed by atoms with E-state index in [-0.39, 0.29) is 5.69 Å². The monoisotopic (exact) mass is 432 g/mol. The van der Waals surface area contributed by atoms with Gasteiger partial charge in [0.25, 0.3) is 0 Å². The molecule has 0 saturated carbocycles. The minimum atomic E-state index is -4.69. The predicted molar refractivity (Wildman–Crippen MR) is 115 cm³/mol. The average Bonchev–Trinajstić information content (AvgIpc) is 3.25.